The highest BCUT2D eigenvalue weighted by molar-refractivity contribution is 7.89. The number of benzene rings is 1. The predicted octanol–water partition coefficient (Wildman–Crippen LogP) is 2.27. The van der Waals surface area contributed by atoms with Gasteiger partial charge in [0.05, 0.1) is 6.20 Å². The summed E-state index contributed by atoms with van der Waals surface area (Å²) in [6.45, 7) is 2.44. The number of aromatic nitrogens is 2. The Kier molecular flexibility index (Phi) is 4.24. The molecule has 1 aromatic carbocycles. The highest BCUT2D eigenvalue weighted by Gasteiger charge is 2.24. The molecular weight excluding hydrogens is 286 g/mol. The van der Waals surface area contributed by atoms with Crippen molar-refractivity contribution in [3.05, 3.63) is 47.1 Å². The monoisotopic (exact) mass is 299 g/mol. The molecule has 0 fully saturated rings. The van der Waals surface area contributed by atoms with Crippen LogP contribution >= 0.6 is 11.6 Å². The number of rotatable bonds is 5. The molecule has 19 heavy (non-hydrogen) atoms. The number of nitrogens with zero attached hydrogens (tertiary/aromatic N) is 2. The van der Waals surface area contributed by atoms with Crippen molar-refractivity contribution < 1.29 is 8.42 Å². The topological polar surface area (TPSA) is 66.1 Å². The lowest BCUT2D eigenvalue weighted by Gasteiger charge is -2.19. The number of aromatic amines is 1. The molecule has 1 heterocycles. The second-order valence-corrected chi connectivity index (χ2v) is 6.32. The average Bonchev–Trinajstić information content (AvgIpc) is 2.90. The minimum absolute atomic E-state index is 0.0939. The normalized spacial score (nSPS) is 11.9. The van der Waals surface area contributed by atoms with Crippen LogP contribution in [0.15, 0.2) is 41.6 Å². The summed E-state index contributed by atoms with van der Waals surface area (Å²) in [4.78, 5) is 0. The molecule has 102 valence electrons. The van der Waals surface area contributed by atoms with Gasteiger partial charge in [-0.05, 0) is 23.8 Å². The van der Waals surface area contributed by atoms with Gasteiger partial charge in [0.2, 0.25) is 0 Å². The van der Waals surface area contributed by atoms with E-state index < -0.39 is 10.0 Å². The molecule has 0 aliphatic rings. The van der Waals surface area contributed by atoms with Crippen LogP contribution in [-0.2, 0) is 16.6 Å². The van der Waals surface area contributed by atoms with Gasteiger partial charge in [0, 0.05) is 18.1 Å². The Bertz CT molecular complexity index is 641. The molecule has 1 N–H and O–H groups in total. The van der Waals surface area contributed by atoms with Crippen molar-refractivity contribution >= 4 is 21.6 Å². The maximum atomic E-state index is 12.3. The SMILES string of the molecule is CCN(Cc1cccc(Cl)c1)S(=O)(=O)c1ccn[nH]1. The molecule has 0 amide bonds. The summed E-state index contributed by atoms with van der Waals surface area (Å²) in [5, 5.41) is 6.84. The van der Waals surface area contributed by atoms with Gasteiger partial charge in [-0.25, -0.2) is 8.42 Å². The molecule has 0 radical (unpaired) electrons. The zero-order valence-corrected chi connectivity index (χ0v) is 11.9. The lowest BCUT2D eigenvalue weighted by molar-refractivity contribution is 0.421. The van der Waals surface area contributed by atoms with Gasteiger partial charge in [-0.2, -0.15) is 9.40 Å². The van der Waals surface area contributed by atoms with Gasteiger partial charge in [0.15, 0.2) is 5.03 Å². The lowest BCUT2D eigenvalue weighted by atomic mass is 10.2. The second kappa shape index (κ2) is 5.73. The minimum atomic E-state index is -3.55. The summed E-state index contributed by atoms with van der Waals surface area (Å²) in [6, 6.07) is 8.60. The van der Waals surface area contributed by atoms with Crippen LogP contribution < -0.4 is 0 Å². The molecule has 1 aromatic heterocycles. The van der Waals surface area contributed by atoms with Crippen LogP contribution in [0.1, 0.15) is 12.5 Å². The van der Waals surface area contributed by atoms with Crippen molar-refractivity contribution in [2.24, 2.45) is 0 Å². The smallest absolute Gasteiger partial charge is 0.260 e. The van der Waals surface area contributed by atoms with Crippen LogP contribution in [0.5, 0.6) is 0 Å². The fourth-order valence-electron chi connectivity index (χ4n) is 1.73. The van der Waals surface area contributed by atoms with Crippen LogP contribution in [0.25, 0.3) is 0 Å². The molecule has 0 spiro atoms. The Morgan fingerprint density at radius 2 is 2.16 bits per heavy atom. The van der Waals surface area contributed by atoms with Gasteiger partial charge in [-0.1, -0.05) is 30.7 Å². The van der Waals surface area contributed by atoms with E-state index in [1.807, 2.05) is 6.07 Å². The fourth-order valence-corrected chi connectivity index (χ4v) is 3.28. The van der Waals surface area contributed by atoms with Crippen LogP contribution in [0, 0.1) is 0 Å². The van der Waals surface area contributed by atoms with E-state index in [0.717, 1.165) is 5.56 Å². The summed E-state index contributed by atoms with van der Waals surface area (Å²) < 4.78 is 26.0. The van der Waals surface area contributed by atoms with E-state index in [9.17, 15) is 8.42 Å². The zero-order chi connectivity index (χ0) is 13.9. The Morgan fingerprint density at radius 3 is 2.74 bits per heavy atom. The third-order valence-corrected chi connectivity index (χ3v) is 4.78. The first-order valence-electron chi connectivity index (χ1n) is 5.78. The standard InChI is InChI=1S/C12H14ClN3O2S/c1-2-16(9-10-4-3-5-11(13)8-10)19(17,18)12-6-7-14-15-12/h3-8H,2,9H2,1H3,(H,14,15). The number of sulfonamides is 1. The summed E-state index contributed by atoms with van der Waals surface area (Å²) >= 11 is 5.90. The van der Waals surface area contributed by atoms with E-state index in [0.29, 0.717) is 11.6 Å². The summed E-state index contributed by atoms with van der Waals surface area (Å²) in [7, 11) is -3.55. The number of hydrogen-bond acceptors (Lipinski definition) is 3. The van der Waals surface area contributed by atoms with Crippen molar-refractivity contribution in [3.8, 4) is 0 Å². The van der Waals surface area contributed by atoms with Gasteiger partial charge in [-0.15, -0.1) is 0 Å². The molecule has 5 nitrogen and oxygen atoms in total. The summed E-state index contributed by atoms with van der Waals surface area (Å²) in [5.74, 6) is 0. The highest BCUT2D eigenvalue weighted by Crippen LogP contribution is 2.18. The molecule has 0 unspecified atom stereocenters. The molecule has 2 rings (SSSR count). The fraction of sp³-hybridized carbons (Fsp3) is 0.250. The maximum absolute atomic E-state index is 12.3. The second-order valence-electron chi connectivity index (χ2n) is 3.98. The van der Waals surface area contributed by atoms with E-state index in [4.69, 9.17) is 11.6 Å². The predicted molar refractivity (Wildman–Crippen MR) is 73.3 cm³/mol. The zero-order valence-electron chi connectivity index (χ0n) is 10.4. The highest BCUT2D eigenvalue weighted by atomic mass is 35.5. The average molecular weight is 300 g/mol. The first-order valence-corrected chi connectivity index (χ1v) is 7.60. The maximum Gasteiger partial charge on any atom is 0.260 e. The number of hydrogen-bond donors (Lipinski definition) is 1. The number of H-pyrrole nitrogens is 1. The molecular formula is C12H14ClN3O2S. The molecule has 2 aromatic rings. The lowest BCUT2D eigenvalue weighted by Crippen LogP contribution is -2.30. The quantitative estimate of drug-likeness (QED) is 0.921. The van der Waals surface area contributed by atoms with E-state index in [1.54, 1.807) is 25.1 Å². The Labute approximate surface area is 117 Å². The summed E-state index contributed by atoms with van der Waals surface area (Å²) in [6.07, 6.45) is 1.42. The van der Waals surface area contributed by atoms with Crippen LogP contribution in [0.3, 0.4) is 0 Å². The van der Waals surface area contributed by atoms with Crippen molar-refractivity contribution in [2.45, 2.75) is 18.5 Å². The van der Waals surface area contributed by atoms with Crippen LogP contribution in [0.4, 0.5) is 0 Å². The Balaban J connectivity index is 2.26. The van der Waals surface area contributed by atoms with Crippen LogP contribution in [0.2, 0.25) is 5.02 Å². The number of nitrogens with one attached hydrogen (secondary N) is 1. The molecule has 7 heteroatoms. The summed E-state index contributed by atoms with van der Waals surface area (Å²) in [5.41, 5.74) is 0.845. The van der Waals surface area contributed by atoms with Gasteiger partial charge in [0.25, 0.3) is 10.0 Å². The first kappa shape index (κ1) is 14.0. The van der Waals surface area contributed by atoms with Crippen molar-refractivity contribution in [3.63, 3.8) is 0 Å². The van der Waals surface area contributed by atoms with E-state index in [-0.39, 0.29) is 11.6 Å². The third kappa shape index (κ3) is 3.15. The van der Waals surface area contributed by atoms with Crippen molar-refractivity contribution in [1.82, 2.24) is 14.5 Å². The van der Waals surface area contributed by atoms with Crippen LogP contribution in [-0.4, -0.2) is 29.5 Å². The van der Waals surface area contributed by atoms with E-state index in [2.05, 4.69) is 10.2 Å². The van der Waals surface area contributed by atoms with E-state index in [1.165, 1.54) is 16.6 Å². The third-order valence-electron chi connectivity index (χ3n) is 2.69. The van der Waals surface area contributed by atoms with Crippen molar-refractivity contribution in [1.29, 1.82) is 0 Å². The Morgan fingerprint density at radius 1 is 1.37 bits per heavy atom. The van der Waals surface area contributed by atoms with Gasteiger partial charge >= 0.3 is 0 Å². The first-order chi connectivity index (χ1) is 9.04. The van der Waals surface area contributed by atoms with Crippen molar-refractivity contribution in [2.75, 3.05) is 6.54 Å². The van der Waals surface area contributed by atoms with Gasteiger partial charge in [-0.3, -0.25) is 5.10 Å². The molecule has 0 aliphatic carbocycles. The van der Waals surface area contributed by atoms with Gasteiger partial charge in [0.1, 0.15) is 0 Å². The largest absolute Gasteiger partial charge is 0.266 e. The number of halogens is 1. The molecule has 0 saturated heterocycles. The minimum Gasteiger partial charge on any atom is -0.266 e. The Hall–Kier alpha value is -1.37. The van der Waals surface area contributed by atoms with E-state index >= 15 is 0 Å². The molecule has 0 aliphatic heterocycles. The molecule has 0 saturated carbocycles. The molecule has 0 bridgehead atoms. The van der Waals surface area contributed by atoms with Gasteiger partial charge < -0.3 is 0 Å². The molecule has 0 atom stereocenters.